The van der Waals surface area contributed by atoms with Gasteiger partial charge in [0, 0.05) is 85.1 Å². The molecule has 1 saturated heterocycles. The van der Waals surface area contributed by atoms with Crippen LogP contribution in [0.25, 0.3) is 44.6 Å². The maximum absolute atomic E-state index is 4.64. The zero-order valence-electron chi connectivity index (χ0n) is 20.0. The first-order valence-corrected chi connectivity index (χ1v) is 12.1. The summed E-state index contributed by atoms with van der Waals surface area (Å²) in [4.78, 5) is 22.0. The number of H-pyrrole nitrogens is 2. The molecule has 0 bridgehead atoms. The van der Waals surface area contributed by atoms with Crippen molar-refractivity contribution in [2.45, 2.75) is 13.5 Å². The molecule has 0 radical (unpaired) electrons. The van der Waals surface area contributed by atoms with E-state index in [9.17, 15) is 0 Å². The molecule has 1 fully saturated rings. The summed E-state index contributed by atoms with van der Waals surface area (Å²) in [5.74, 6) is 0. The molecule has 6 heterocycles. The normalized spacial score (nSPS) is 14.9. The molecule has 0 saturated carbocycles. The standard InChI is InChI=1S/C26H29N9/c1-3-27-13-17-10-18(15-28-14-17)19-11-21-24(32-33-26(21)30-16-19)22-12-20-23(4-5-29-25(20)31-22)35-8-6-34(2)7-9-35/h4-5,10-12,14-16,27H,3,6-9,13H2,1-2H3,(H,29,31)(H,30,32,33). The fraction of sp³-hybridized carbons (Fsp3) is 0.308. The Kier molecular flexibility index (Phi) is 5.63. The van der Waals surface area contributed by atoms with Crippen molar-refractivity contribution in [3.05, 3.63) is 54.6 Å². The average molecular weight is 468 g/mol. The molecule has 0 spiro atoms. The van der Waals surface area contributed by atoms with Crippen molar-refractivity contribution in [2.24, 2.45) is 0 Å². The number of piperazine rings is 1. The first-order chi connectivity index (χ1) is 17.2. The predicted molar refractivity (Wildman–Crippen MR) is 139 cm³/mol. The summed E-state index contributed by atoms with van der Waals surface area (Å²) < 4.78 is 0. The van der Waals surface area contributed by atoms with Gasteiger partial charge in [-0.25, -0.2) is 9.97 Å². The third-order valence-corrected chi connectivity index (χ3v) is 6.73. The fourth-order valence-electron chi connectivity index (χ4n) is 4.74. The molecule has 9 nitrogen and oxygen atoms in total. The van der Waals surface area contributed by atoms with E-state index in [2.05, 4.69) is 83.5 Å². The zero-order chi connectivity index (χ0) is 23.8. The molecule has 1 aliphatic heterocycles. The van der Waals surface area contributed by atoms with E-state index in [0.29, 0.717) is 0 Å². The van der Waals surface area contributed by atoms with Crippen LogP contribution < -0.4 is 10.2 Å². The van der Waals surface area contributed by atoms with Gasteiger partial charge in [-0.2, -0.15) is 5.10 Å². The highest BCUT2D eigenvalue weighted by Gasteiger charge is 2.19. The number of hydrogen-bond donors (Lipinski definition) is 3. The van der Waals surface area contributed by atoms with Crippen LogP contribution in [0.2, 0.25) is 0 Å². The smallest absolute Gasteiger partial charge is 0.155 e. The Balaban J connectivity index is 1.38. The van der Waals surface area contributed by atoms with Crippen molar-refractivity contribution >= 4 is 27.8 Å². The predicted octanol–water partition coefficient (Wildman–Crippen LogP) is 3.42. The number of rotatable bonds is 6. The molecule has 5 aromatic heterocycles. The molecule has 35 heavy (non-hydrogen) atoms. The van der Waals surface area contributed by atoms with E-state index < -0.39 is 0 Å². The van der Waals surface area contributed by atoms with Crippen molar-refractivity contribution in [2.75, 3.05) is 44.7 Å². The number of pyridine rings is 3. The van der Waals surface area contributed by atoms with Gasteiger partial charge in [-0.05, 0) is 43.4 Å². The van der Waals surface area contributed by atoms with Crippen LogP contribution in [0, 0.1) is 0 Å². The van der Waals surface area contributed by atoms with Crippen LogP contribution in [0.5, 0.6) is 0 Å². The van der Waals surface area contributed by atoms with E-state index in [1.807, 2.05) is 24.8 Å². The number of likely N-dealkylation sites (N-methyl/N-ethyl adjacent to an activating group) is 1. The number of nitrogens with zero attached hydrogens (tertiary/aromatic N) is 6. The second kappa shape index (κ2) is 9.09. The second-order valence-corrected chi connectivity index (χ2v) is 9.12. The van der Waals surface area contributed by atoms with Crippen LogP contribution in [0.3, 0.4) is 0 Å². The Morgan fingerprint density at radius 3 is 2.66 bits per heavy atom. The van der Waals surface area contributed by atoms with Crippen LogP contribution in [0.4, 0.5) is 5.69 Å². The third kappa shape index (κ3) is 4.13. The first-order valence-electron chi connectivity index (χ1n) is 12.1. The molecule has 9 heteroatoms. The summed E-state index contributed by atoms with van der Waals surface area (Å²) >= 11 is 0. The molecule has 0 aliphatic carbocycles. The van der Waals surface area contributed by atoms with Gasteiger partial charge in [0.2, 0.25) is 0 Å². The molecule has 1 aliphatic rings. The van der Waals surface area contributed by atoms with Crippen molar-refractivity contribution in [1.29, 1.82) is 0 Å². The minimum absolute atomic E-state index is 0.756. The summed E-state index contributed by atoms with van der Waals surface area (Å²) in [6.45, 7) is 7.95. The van der Waals surface area contributed by atoms with E-state index in [4.69, 9.17) is 0 Å². The molecule has 0 amide bonds. The van der Waals surface area contributed by atoms with Crippen molar-refractivity contribution in [1.82, 2.24) is 40.3 Å². The van der Waals surface area contributed by atoms with Gasteiger partial charge < -0.3 is 20.1 Å². The lowest BCUT2D eigenvalue weighted by atomic mass is 10.1. The second-order valence-electron chi connectivity index (χ2n) is 9.12. The van der Waals surface area contributed by atoms with Gasteiger partial charge in [0.25, 0.3) is 0 Å². The molecule has 178 valence electrons. The SMILES string of the molecule is CCNCc1cncc(-c2cnc3[nH]nc(-c4cc5c(N6CCN(C)CC6)ccnc5[nH]4)c3c2)c1. The lowest BCUT2D eigenvalue weighted by molar-refractivity contribution is 0.313. The van der Waals surface area contributed by atoms with Gasteiger partial charge in [0.15, 0.2) is 5.65 Å². The highest BCUT2D eigenvalue weighted by Crippen LogP contribution is 2.33. The minimum atomic E-state index is 0.756. The van der Waals surface area contributed by atoms with Crippen LogP contribution >= 0.6 is 0 Å². The van der Waals surface area contributed by atoms with Gasteiger partial charge in [-0.1, -0.05) is 6.92 Å². The summed E-state index contributed by atoms with van der Waals surface area (Å²) in [6.07, 6.45) is 7.53. The lowest BCUT2D eigenvalue weighted by Crippen LogP contribution is -2.44. The van der Waals surface area contributed by atoms with E-state index in [-0.39, 0.29) is 0 Å². The van der Waals surface area contributed by atoms with Crippen molar-refractivity contribution in [3.63, 3.8) is 0 Å². The topological polar surface area (TPSA) is 102 Å². The minimum Gasteiger partial charge on any atom is -0.368 e. The van der Waals surface area contributed by atoms with Crippen molar-refractivity contribution < 1.29 is 0 Å². The summed E-state index contributed by atoms with van der Waals surface area (Å²) in [5.41, 5.74) is 7.81. The first kappa shape index (κ1) is 21.7. The third-order valence-electron chi connectivity index (χ3n) is 6.73. The molecule has 6 rings (SSSR count). The highest BCUT2D eigenvalue weighted by atomic mass is 15.2. The molecule has 3 N–H and O–H groups in total. The van der Waals surface area contributed by atoms with E-state index in [1.165, 1.54) is 5.69 Å². The van der Waals surface area contributed by atoms with Crippen molar-refractivity contribution in [3.8, 4) is 22.5 Å². The molecule has 0 unspecified atom stereocenters. The number of aromatic amines is 2. The summed E-state index contributed by atoms with van der Waals surface area (Å²) in [7, 11) is 2.17. The Labute approximate surface area is 203 Å². The van der Waals surface area contributed by atoms with E-state index >= 15 is 0 Å². The van der Waals surface area contributed by atoms with E-state index in [0.717, 1.165) is 89.4 Å². The Morgan fingerprint density at radius 1 is 0.943 bits per heavy atom. The van der Waals surface area contributed by atoms with Crippen LogP contribution in [-0.2, 0) is 6.54 Å². The van der Waals surface area contributed by atoms with Gasteiger partial charge in [-0.15, -0.1) is 0 Å². The molecular weight excluding hydrogens is 438 g/mol. The summed E-state index contributed by atoms with van der Waals surface area (Å²) in [5, 5.41) is 13.1. The Morgan fingerprint density at radius 2 is 1.80 bits per heavy atom. The largest absolute Gasteiger partial charge is 0.368 e. The number of nitrogens with one attached hydrogen (secondary N) is 3. The number of fused-ring (bicyclic) bond motifs is 2. The van der Waals surface area contributed by atoms with Gasteiger partial charge in [0.05, 0.1) is 5.69 Å². The monoisotopic (exact) mass is 467 g/mol. The quantitative estimate of drug-likeness (QED) is 0.352. The zero-order valence-corrected chi connectivity index (χ0v) is 20.0. The highest BCUT2D eigenvalue weighted by molar-refractivity contribution is 5.98. The van der Waals surface area contributed by atoms with Crippen LogP contribution in [0.15, 0.2) is 49.1 Å². The van der Waals surface area contributed by atoms with Gasteiger partial charge in [0.1, 0.15) is 11.3 Å². The van der Waals surface area contributed by atoms with Gasteiger partial charge in [-0.3, -0.25) is 10.1 Å². The number of aromatic nitrogens is 6. The molecule has 5 aromatic rings. The molecule has 0 atom stereocenters. The number of hydrogen-bond acceptors (Lipinski definition) is 7. The van der Waals surface area contributed by atoms with Gasteiger partial charge >= 0.3 is 0 Å². The summed E-state index contributed by atoms with van der Waals surface area (Å²) in [6, 6.07) is 8.57. The Bertz CT molecular complexity index is 1480. The maximum Gasteiger partial charge on any atom is 0.155 e. The lowest BCUT2D eigenvalue weighted by Gasteiger charge is -2.34. The van der Waals surface area contributed by atoms with E-state index in [1.54, 1.807) is 0 Å². The van der Waals surface area contributed by atoms with Crippen LogP contribution in [-0.4, -0.2) is 74.8 Å². The fourth-order valence-corrected chi connectivity index (χ4v) is 4.74. The average Bonchev–Trinajstić information content (AvgIpc) is 3.51. The maximum atomic E-state index is 4.64. The Hall–Kier alpha value is -3.82. The molecular formula is C26H29N9. The molecule has 0 aromatic carbocycles. The number of anilines is 1. The van der Waals surface area contributed by atoms with Crippen LogP contribution in [0.1, 0.15) is 12.5 Å².